The van der Waals surface area contributed by atoms with E-state index in [0.29, 0.717) is 0 Å². The van der Waals surface area contributed by atoms with Crippen molar-refractivity contribution in [3.63, 3.8) is 0 Å². The van der Waals surface area contributed by atoms with E-state index in [1.165, 1.54) is 24.1 Å². The maximum atomic E-state index is 13.4. The van der Waals surface area contributed by atoms with E-state index >= 15 is 0 Å². The number of aliphatic hydroxyl groups is 1. The molecule has 0 saturated carbocycles. The third kappa shape index (κ3) is 3.57. The van der Waals surface area contributed by atoms with Gasteiger partial charge in [0.15, 0.2) is 0 Å². The van der Waals surface area contributed by atoms with Crippen molar-refractivity contribution in [1.29, 1.82) is 0 Å². The largest absolute Gasteiger partial charge is 0.394 e. The van der Waals surface area contributed by atoms with Crippen molar-refractivity contribution in [3.05, 3.63) is 29.0 Å². The number of carbonyl (C=O) groups excluding carboxylic acids is 1. The number of hydrogen-bond donors (Lipinski definition) is 2. The van der Waals surface area contributed by atoms with E-state index in [4.69, 9.17) is 16.7 Å². The highest BCUT2D eigenvalue weighted by Gasteiger charge is 2.16. The Balaban J connectivity index is 2.74. The van der Waals surface area contributed by atoms with Crippen molar-refractivity contribution < 1.29 is 14.3 Å². The number of likely N-dealkylation sites (N-methyl/N-ethyl adjacent to an activating group) is 1. The summed E-state index contributed by atoms with van der Waals surface area (Å²) in [6.45, 7) is 1.52. The fourth-order valence-electron chi connectivity index (χ4n) is 1.12. The lowest BCUT2D eigenvalue weighted by molar-refractivity contribution is 0.166. The van der Waals surface area contributed by atoms with E-state index in [1.807, 2.05) is 0 Å². The normalized spacial score (nSPS) is 12.1. The van der Waals surface area contributed by atoms with Gasteiger partial charge in [-0.2, -0.15) is 0 Å². The van der Waals surface area contributed by atoms with Crippen molar-refractivity contribution in [1.82, 2.24) is 4.90 Å². The van der Waals surface area contributed by atoms with Gasteiger partial charge < -0.3 is 15.3 Å². The molecule has 0 aliphatic rings. The van der Waals surface area contributed by atoms with Gasteiger partial charge in [0.05, 0.1) is 18.3 Å². The number of hydrogen-bond acceptors (Lipinski definition) is 2. The minimum absolute atomic E-state index is 0.0522. The number of nitrogens with one attached hydrogen (secondary N) is 1. The zero-order chi connectivity index (χ0) is 13.0. The number of urea groups is 1. The zero-order valence-corrected chi connectivity index (χ0v) is 10.3. The predicted octanol–water partition coefficient (Wildman–Crippen LogP) is 2.32. The summed E-state index contributed by atoms with van der Waals surface area (Å²) < 4.78 is 13.4. The van der Waals surface area contributed by atoms with Gasteiger partial charge in [0.25, 0.3) is 0 Å². The van der Waals surface area contributed by atoms with Crippen LogP contribution in [0.1, 0.15) is 6.92 Å². The van der Waals surface area contributed by atoms with Crippen LogP contribution in [-0.4, -0.2) is 35.7 Å². The number of nitrogens with zero attached hydrogens (tertiary/aromatic N) is 1. The second-order valence-electron chi connectivity index (χ2n) is 3.70. The molecule has 0 fully saturated rings. The van der Waals surface area contributed by atoms with Crippen molar-refractivity contribution in [2.45, 2.75) is 13.0 Å². The molecule has 0 bridgehead atoms. The Morgan fingerprint density at radius 1 is 1.65 bits per heavy atom. The maximum Gasteiger partial charge on any atom is 0.321 e. The van der Waals surface area contributed by atoms with Crippen LogP contribution in [0, 0.1) is 5.82 Å². The van der Waals surface area contributed by atoms with Gasteiger partial charge in [-0.3, -0.25) is 0 Å². The summed E-state index contributed by atoms with van der Waals surface area (Å²) in [6.07, 6.45) is 0. The van der Waals surface area contributed by atoms with E-state index in [9.17, 15) is 9.18 Å². The highest BCUT2D eigenvalue weighted by molar-refractivity contribution is 6.30. The number of carbonyl (C=O) groups is 1. The van der Waals surface area contributed by atoms with Crippen LogP contribution in [-0.2, 0) is 0 Å². The van der Waals surface area contributed by atoms with Crippen molar-refractivity contribution in [2.24, 2.45) is 0 Å². The molecule has 0 aromatic heterocycles. The molecule has 0 aliphatic heterocycles. The highest BCUT2D eigenvalue weighted by atomic mass is 35.5. The second-order valence-corrected chi connectivity index (χ2v) is 4.13. The molecular formula is C11H14ClFN2O2. The van der Waals surface area contributed by atoms with Gasteiger partial charge in [0.2, 0.25) is 0 Å². The lowest BCUT2D eigenvalue weighted by Gasteiger charge is -2.23. The minimum Gasteiger partial charge on any atom is -0.394 e. The fraction of sp³-hybridized carbons (Fsp3) is 0.364. The Hall–Kier alpha value is -1.33. The molecule has 6 heteroatoms. The SMILES string of the molecule is CC(CO)N(C)C(=O)Nc1ccc(Cl)cc1F. The molecule has 17 heavy (non-hydrogen) atoms. The molecule has 0 radical (unpaired) electrons. The van der Waals surface area contributed by atoms with E-state index in [2.05, 4.69) is 5.32 Å². The Morgan fingerprint density at radius 2 is 2.29 bits per heavy atom. The van der Waals surface area contributed by atoms with E-state index in [-0.39, 0.29) is 23.4 Å². The molecular weight excluding hydrogens is 247 g/mol. The van der Waals surface area contributed by atoms with E-state index in [1.54, 1.807) is 6.92 Å². The van der Waals surface area contributed by atoms with Crippen LogP contribution in [0.3, 0.4) is 0 Å². The van der Waals surface area contributed by atoms with Crippen LogP contribution >= 0.6 is 11.6 Å². The number of amides is 2. The predicted molar refractivity (Wildman–Crippen MR) is 64.7 cm³/mol. The van der Waals surface area contributed by atoms with Crippen LogP contribution in [0.25, 0.3) is 0 Å². The molecule has 1 aromatic carbocycles. The standard InChI is InChI=1S/C11H14ClFN2O2/c1-7(6-16)15(2)11(17)14-10-4-3-8(12)5-9(10)13/h3-5,7,16H,6H2,1-2H3,(H,14,17). The molecule has 0 spiro atoms. The van der Waals surface area contributed by atoms with Crippen LogP contribution in [0.4, 0.5) is 14.9 Å². The van der Waals surface area contributed by atoms with Gasteiger partial charge in [0.1, 0.15) is 5.82 Å². The minimum atomic E-state index is -0.601. The zero-order valence-electron chi connectivity index (χ0n) is 9.58. The first-order valence-corrected chi connectivity index (χ1v) is 5.43. The van der Waals surface area contributed by atoms with Crippen LogP contribution in [0.15, 0.2) is 18.2 Å². The first-order valence-electron chi connectivity index (χ1n) is 5.05. The van der Waals surface area contributed by atoms with Gasteiger partial charge in [-0.05, 0) is 25.1 Å². The average molecular weight is 261 g/mol. The molecule has 2 amide bonds. The summed E-state index contributed by atoms with van der Waals surface area (Å²) in [5.41, 5.74) is 0.0522. The summed E-state index contributed by atoms with van der Waals surface area (Å²) in [7, 11) is 1.52. The van der Waals surface area contributed by atoms with E-state index in [0.717, 1.165) is 6.07 Å². The third-order valence-corrected chi connectivity index (χ3v) is 2.65. The summed E-state index contributed by atoms with van der Waals surface area (Å²) >= 11 is 5.59. The molecule has 1 unspecified atom stereocenters. The van der Waals surface area contributed by atoms with Gasteiger partial charge >= 0.3 is 6.03 Å². The molecule has 0 saturated heterocycles. The first kappa shape index (κ1) is 13.7. The van der Waals surface area contributed by atoms with Crippen molar-refractivity contribution in [3.8, 4) is 0 Å². The van der Waals surface area contributed by atoms with Gasteiger partial charge in [0, 0.05) is 12.1 Å². The monoisotopic (exact) mass is 260 g/mol. The Morgan fingerprint density at radius 3 is 2.82 bits per heavy atom. The van der Waals surface area contributed by atoms with Crippen LogP contribution < -0.4 is 5.32 Å². The molecule has 94 valence electrons. The second kappa shape index (κ2) is 5.84. The Kier molecular flexibility index (Phi) is 4.72. The maximum absolute atomic E-state index is 13.4. The smallest absolute Gasteiger partial charge is 0.321 e. The van der Waals surface area contributed by atoms with Crippen LogP contribution in [0.5, 0.6) is 0 Å². The van der Waals surface area contributed by atoms with Gasteiger partial charge in [-0.15, -0.1) is 0 Å². The molecule has 2 N–H and O–H groups in total. The average Bonchev–Trinajstić information content (AvgIpc) is 2.30. The quantitative estimate of drug-likeness (QED) is 0.876. The van der Waals surface area contributed by atoms with E-state index < -0.39 is 11.8 Å². The number of rotatable bonds is 3. The van der Waals surface area contributed by atoms with Gasteiger partial charge in [-0.1, -0.05) is 11.6 Å². The summed E-state index contributed by atoms with van der Waals surface area (Å²) in [6, 6.07) is 3.15. The Bertz CT molecular complexity index is 414. The van der Waals surface area contributed by atoms with Crippen molar-refractivity contribution in [2.75, 3.05) is 19.0 Å². The third-order valence-electron chi connectivity index (χ3n) is 2.42. The molecule has 1 atom stereocenters. The Labute approximate surface area is 104 Å². The molecule has 4 nitrogen and oxygen atoms in total. The van der Waals surface area contributed by atoms with Crippen LogP contribution in [0.2, 0.25) is 5.02 Å². The number of aliphatic hydroxyl groups excluding tert-OH is 1. The fourth-order valence-corrected chi connectivity index (χ4v) is 1.28. The number of halogens is 2. The molecule has 0 aliphatic carbocycles. The first-order chi connectivity index (χ1) is 7.95. The summed E-state index contributed by atoms with van der Waals surface area (Å²) in [5.74, 6) is -0.601. The summed E-state index contributed by atoms with van der Waals surface area (Å²) in [4.78, 5) is 12.9. The lowest BCUT2D eigenvalue weighted by atomic mass is 10.3. The molecule has 0 heterocycles. The molecule has 1 rings (SSSR count). The van der Waals surface area contributed by atoms with Crippen molar-refractivity contribution >= 4 is 23.3 Å². The van der Waals surface area contributed by atoms with Gasteiger partial charge in [-0.25, -0.2) is 9.18 Å². The molecule has 1 aromatic rings. The number of anilines is 1. The lowest BCUT2D eigenvalue weighted by Crippen LogP contribution is -2.40. The topological polar surface area (TPSA) is 52.6 Å². The number of benzene rings is 1. The summed E-state index contributed by atoms with van der Waals surface area (Å²) in [5, 5.41) is 11.6. The highest BCUT2D eigenvalue weighted by Crippen LogP contribution is 2.19.